The van der Waals surface area contributed by atoms with Crippen LogP contribution in [0.1, 0.15) is 54.9 Å². The van der Waals surface area contributed by atoms with Gasteiger partial charge in [0.25, 0.3) is 0 Å². The molecule has 1 atom stereocenters. The highest BCUT2D eigenvalue weighted by molar-refractivity contribution is 5.88. The van der Waals surface area contributed by atoms with Crippen LogP contribution in [0.2, 0.25) is 0 Å². The minimum atomic E-state index is -1.03. The Labute approximate surface area is 156 Å². The van der Waals surface area contributed by atoms with Crippen molar-refractivity contribution >= 4 is 17.9 Å². The van der Waals surface area contributed by atoms with Crippen molar-refractivity contribution in [3.63, 3.8) is 0 Å². The second kappa shape index (κ2) is 10.1. The zero-order valence-corrected chi connectivity index (χ0v) is 17.0. The molecule has 0 saturated heterocycles. The summed E-state index contributed by atoms with van der Waals surface area (Å²) >= 11 is 0. The molecule has 0 aromatic heterocycles. The van der Waals surface area contributed by atoms with Gasteiger partial charge in [-0.25, -0.2) is 9.59 Å². The van der Waals surface area contributed by atoms with Crippen LogP contribution in [0.25, 0.3) is 0 Å². The summed E-state index contributed by atoms with van der Waals surface area (Å²) in [4.78, 5) is 35.6. The van der Waals surface area contributed by atoms with Crippen LogP contribution in [-0.2, 0) is 28.6 Å². The molecule has 0 saturated carbocycles. The smallest absolute Gasteiger partial charge is 0.333 e. The Bertz CT molecular complexity index is 551. The monoisotopic (exact) mass is 368 g/mol. The van der Waals surface area contributed by atoms with Crippen molar-refractivity contribution in [2.45, 2.75) is 61.0 Å². The van der Waals surface area contributed by atoms with Gasteiger partial charge in [-0.1, -0.05) is 33.4 Å². The van der Waals surface area contributed by atoms with E-state index in [0.29, 0.717) is 12.0 Å². The second-order valence-electron chi connectivity index (χ2n) is 8.06. The molecule has 0 aliphatic carbocycles. The molecule has 0 aliphatic heterocycles. The molecule has 26 heavy (non-hydrogen) atoms. The highest BCUT2D eigenvalue weighted by Gasteiger charge is 2.34. The molecule has 0 spiro atoms. The summed E-state index contributed by atoms with van der Waals surface area (Å²) in [7, 11) is 0. The molecule has 0 aliphatic rings. The predicted molar refractivity (Wildman–Crippen MR) is 99.3 cm³/mol. The Morgan fingerprint density at radius 1 is 1.08 bits per heavy atom. The first kappa shape index (κ1) is 23.9. The van der Waals surface area contributed by atoms with E-state index in [1.165, 1.54) is 0 Å². The topological polar surface area (TPSA) is 78.9 Å². The van der Waals surface area contributed by atoms with Crippen molar-refractivity contribution in [1.82, 2.24) is 0 Å². The molecule has 0 bridgehead atoms. The lowest BCUT2D eigenvalue weighted by atomic mass is 9.89. The maximum absolute atomic E-state index is 12.5. The van der Waals surface area contributed by atoms with E-state index in [0.717, 1.165) is 6.08 Å². The fraction of sp³-hybridized carbons (Fsp3) is 0.650. The molecular weight excluding hydrogens is 336 g/mol. The average Bonchev–Trinajstić information content (AvgIpc) is 2.54. The Balaban J connectivity index is 4.93. The van der Waals surface area contributed by atoms with E-state index in [-0.39, 0.29) is 18.6 Å². The van der Waals surface area contributed by atoms with Gasteiger partial charge in [0, 0.05) is 11.6 Å². The first-order valence-corrected chi connectivity index (χ1v) is 8.62. The van der Waals surface area contributed by atoms with Crippen molar-refractivity contribution in [2.75, 3.05) is 13.2 Å². The maximum atomic E-state index is 12.5. The third-order valence-electron chi connectivity index (χ3n) is 3.56. The third kappa shape index (κ3) is 9.39. The van der Waals surface area contributed by atoms with Crippen molar-refractivity contribution in [2.24, 2.45) is 10.8 Å². The van der Waals surface area contributed by atoms with E-state index < -0.39 is 29.4 Å². The number of carbonyl (C=O) groups is 3. The van der Waals surface area contributed by atoms with Crippen LogP contribution in [0.15, 0.2) is 24.3 Å². The fourth-order valence-corrected chi connectivity index (χ4v) is 1.90. The minimum Gasteiger partial charge on any atom is -0.461 e. The van der Waals surface area contributed by atoms with Crippen molar-refractivity contribution in [1.29, 1.82) is 0 Å². The van der Waals surface area contributed by atoms with Gasteiger partial charge in [-0.3, -0.25) is 4.79 Å². The predicted octanol–water partition coefficient (Wildman–Crippen LogP) is 3.60. The van der Waals surface area contributed by atoms with Crippen molar-refractivity contribution in [3.05, 3.63) is 24.3 Å². The van der Waals surface area contributed by atoms with Gasteiger partial charge in [-0.2, -0.15) is 0 Å². The van der Waals surface area contributed by atoms with Crippen LogP contribution in [0.3, 0.4) is 0 Å². The van der Waals surface area contributed by atoms with Gasteiger partial charge < -0.3 is 14.2 Å². The lowest BCUT2D eigenvalue weighted by Gasteiger charge is -2.29. The minimum absolute atomic E-state index is 0.0542. The Hall–Kier alpha value is -2.11. The standard InChI is InChI=1S/C20H32O6/c1-9-14(3)17(22)25-13-20(7,8)18(23)26-15(11-19(4,5)6)12-24-16(21)10-2/h9-10,15H,2,11-13H2,1,3-8H3. The lowest BCUT2D eigenvalue weighted by Crippen LogP contribution is -2.38. The van der Waals surface area contributed by atoms with Gasteiger partial charge in [-0.05, 0) is 39.5 Å². The second-order valence-corrected chi connectivity index (χ2v) is 8.06. The van der Waals surface area contributed by atoms with E-state index in [2.05, 4.69) is 6.58 Å². The van der Waals surface area contributed by atoms with Crippen LogP contribution in [-0.4, -0.2) is 37.2 Å². The van der Waals surface area contributed by atoms with Gasteiger partial charge in [0.15, 0.2) is 0 Å². The number of hydrogen-bond donors (Lipinski definition) is 0. The van der Waals surface area contributed by atoms with Crippen LogP contribution in [0.4, 0.5) is 0 Å². The number of ether oxygens (including phenoxy) is 3. The summed E-state index contributed by atoms with van der Waals surface area (Å²) in [5, 5.41) is 0. The van der Waals surface area contributed by atoms with Crippen LogP contribution in [0.5, 0.6) is 0 Å². The van der Waals surface area contributed by atoms with Crippen LogP contribution < -0.4 is 0 Å². The summed E-state index contributed by atoms with van der Waals surface area (Å²) in [6.07, 6.45) is 2.61. The Morgan fingerprint density at radius 3 is 2.12 bits per heavy atom. The van der Waals surface area contributed by atoms with Gasteiger partial charge >= 0.3 is 17.9 Å². The zero-order valence-electron chi connectivity index (χ0n) is 17.0. The number of hydrogen-bond acceptors (Lipinski definition) is 6. The highest BCUT2D eigenvalue weighted by atomic mass is 16.6. The highest BCUT2D eigenvalue weighted by Crippen LogP contribution is 2.26. The normalized spacial score (nSPS) is 13.6. The van der Waals surface area contributed by atoms with E-state index >= 15 is 0 Å². The Morgan fingerprint density at radius 2 is 1.65 bits per heavy atom. The summed E-state index contributed by atoms with van der Waals surface area (Å²) in [6, 6.07) is 0. The molecule has 0 aromatic carbocycles. The molecule has 0 amide bonds. The van der Waals surface area contributed by atoms with E-state index in [4.69, 9.17) is 14.2 Å². The van der Waals surface area contributed by atoms with Crippen LogP contribution in [0, 0.1) is 10.8 Å². The van der Waals surface area contributed by atoms with Gasteiger partial charge in [-0.15, -0.1) is 0 Å². The first-order valence-electron chi connectivity index (χ1n) is 8.62. The summed E-state index contributed by atoms with van der Waals surface area (Å²) in [5.41, 5.74) is -0.691. The quantitative estimate of drug-likeness (QED) is 0.351. The molecule has 1 unspecified atom stereocenters. The van der Waals surface area contributed by atoms with Crippen molar-refractivity contribution < 1.29 is 28.6 Å². The molecule has 0 aromatic rings. The number of carbonyl (C=O) groups excluding carboxylic acids is 3. The number of allylic oxidation sites excluding steroid dienone is 1. The molecule has 6 heteroatoms. The first-order chi connectivity index (χ1) is 11.8. The molecule has 0 rings (SSSR count). The van der Waals surface area contributed by atoms with E-state index in [1.807, 2.05) is 20.8 Å². The SMILES string of the molecule is C=CC(=O)OCC(CC(C)(C)C)OC(=O)C(C)(C)COC(=O)C(C)=CC. The summed E-state index contributed by atoms with van der Waals surface area (Å²) in [6.45, 7) is 15.8. The largest absolute Gasteiger partial charge is 0.461 e. The van der Waals surface area contributed by atoms with Gasteiger partial charge in [0.1, 0.15) is 19.3 Å². The van der Waals surface area contributed by atoms with E-state index in [9.17, 15) is 14.4 Å². The third-order valence-corrected chi connectivity index (χ3v) is 3.56. The molecule has 0 fully saturated rings. The van der Waals surface area contributed by atoms with Crippen LogP contribution >= 0.6 is 0 Å². The number of esters is 3. The van der Waals surface area contributed by atoms with Gasteiger partial charge in [0.05, 0.1) is 5.41 Å². The van der Waals surface area contributed by atoms with Crippen molar-refractivity contribution in [3.8, 4) is 0 Å². The molecular formula is C20H32O6. The number of rotatable bonds is 9. The molecule has 0 N–H and O–H groups in total. The molecule has 0 radical (unpaired) electrons. The average molecular weight is 368 g/mol. The molecule has 0 heterocycles. The van der Waals surface area contributed by atoms with E-state index in [1.54, 1.807) is 33.8 Å². The zero-order chi connectivity index (χ0) is 20.5. The Kier molecular flexibility index (Phi) is 9.32. The fourth-order valence-electron chi connectivity index (χ4n) is 1.90. The summed E-state index contributed by atoms with van der Waals surface area (Å²) in [5.74, 6) is -1.57. The summed E-state index contributed by atoms with van der Waals surface area (Å²) < 4.78 is 15.8. The molecule has 148 valence electrons. The van der Waals surface area contributed by atoms with Gasteiger partial charge in [0.2, 0.25) is 0 Å². The maximum Gasteiger partial charge on any atom is 0.333 e. The lowest BCUT2D eigenvalue weighted by molar-refractivity contribution is -0.171. The molecule has 6 nitrogen and oxygen atoms in total.